The Morgan fingerprint density at radius 1 is 1.10 bits per heavy atom. The number of benzene rings is 1. The van der Waals surface area contributed by atoms with Gasteiger partial charge in [0.05, 0.1) is 5.56 Å². The van der Waals surface area contributed by atoms with Gasteiger partial charge in [-0.25, -0.2) is 4.39 Å². The molecule has 0 aliphatic rings. The molecule has 0 aliphatic heterocycles. The molecule has 1 heterocycles. The molecule has 2 rings (SSSR count). The molecule has 0 spiro atoms. The maximum absolute atomic E-state index is 13.0. The molecule has 1 nitrogen and oxygen atoms in total. The van der Waals surface area contributed by atoms with Crippen LogP contribution in [-0.4, -0.2) is 0 Å². The van der Waals surface area contributed by atoms with Crippen LogP contribution in [0.2, 0.25) is 0 Å². The molecular weight excluding hydrogens is 302 g/mol. The third-order valence-electron chi connectivity index (χ3n) is 3.20. The number of aryl methyl sites for hydroxylation is 1. The molecule has 1 aromatic heterocycles. The van der Waals surface area contributed by atoms with Gasteiger partial charge in [-0.05, 0) is 41.1 Å². The van der Waals surface area contributed by atoms with E-state index in [1.54, 1.807) is 11.3 Å². The Balaban J connectivity index is 2.07. The van der Waals surface area contributed by atoms with Crippen LogP contribution in [-0.2, 0) is 25.7 Å². The first kappa shape index (κ1) is 16.0. The monoisotopic (exact) mass is 317 g/mol. The van der Waals surface area contributed by atoms with Crippen molar-refractivity contribution in [1.29, 1.82) is 0 Å². The van der Waals surface area contributed by atoms with E-state index < -0.39 is 17.6 Å². The molecule has 1 N–H and O–H groups in total. The molecule has 2 aromatic rings. The van der Waals surface area contributed by atoms with Crippen LogP contribution in [0, 0.1) is 5.82 Å². The standard InChI is InChI=1S/C15H15F4NS/c1-2-10-5-6-21-14(10)9-20-8-11-3-4-12(16)7-13(11)15(17,18)19/h3-7,20H,2,8-9H2,1H3. The van der Waals surface area contributed by atoms with E-state index >= 15 is 0 Å². The van der Waals surface area contributed by atoms with Gasteiger partial charge in [0.1, 0.15) is 5.82 Å². The van der Waals surface area contributed by atoms with Crippen LogP contribution >= 0.6 is 11.3 Å². The van der Waals surface area contributed by atoms with Gasteiger partial charge < -0.3 is 5.32 Å². The van der Waals surface area contributed by atoms with Crippen LogP contribution in [0.3, 0.4) is 0 Å². The van der Waals surface area contributed by atoms with Crippen molar-refractivity contribution in [3.05, 3.63) is 57.0 Å². The van der Waals surface area contributed by atoms with Gasteiger partial charge in [-0.1, -0.05) is 13.0 Å². The molecule has 0 radical (unpaired) electrons. The summed E-state index contributed by atoms with van der Waals surface area (Å²) in [7, 11) is 0. The summed E-state index contributed by atoms with van der Waals surface area (Å²) in [6.45, 7) is 2.60. The highest BCUT2D eigenvalue weighted by molar-refractivity contribution is 7.10. The molecule has 0 aliphatic carbocycles. The summed E-state index contributed by atoms with van der Waals surface area (Å²) in [5.41, 5.74) is 0.332. The Hall–Kier alpha value is -1.40. The zero-order valence-electron chi connectivity index (χ0n) is 11.4. The molecule has 0 saturated carbocycles. The van der Waals surface area contributed by atoms with Crippen molar-refractivity contribution in [2.45, 2.75) is 32.6 Å². The predicted octanol–water partition coefficient (Wildman–Crippen LogP) is 4.76. The average molecular weight is 317 g/mol. The van der Waals surface area contributed by atoms with Crippen LogP contribution in [0.25, 0.3) is 0 Å². The zero-order chi connectivity index (χ0) is 15.5. The van der Waals surface area contributed by atoms with Crippen molar-refractivity contribution < 1.29 is 17.6 Å². The van der Waals surface area contributed by atoms with Crippen LogP contribution in [0.1, 0.15) is 28.5 Å². The van der Waals surface area contributed by atoms with Gasteiger partial charge in [0, 0.05) is 18.0 Å². The minimum Gasteiger partial charge on any atom is -0.308 e. The fraction of sp³-hybridized carbons (Fsp3) is 0.333. The Bertz CT molecular complexity index is 604. The summed E-state index contributed by atoms with van der Waals surface area (Å²) in [6, 6.07) is 4.79. The van der Waals surface area contributed by atoms with Gasteiger partial charge in [-0.3, -0.25) is 0 Å². The average Bonchev–Trinajstić information content (AvgIpc) is 2.86. The largest absolute Gasteiger partial charge is 0.416 e. The number of halogens is 4. The molecule has 0 saturated heterocycles. The molecular formula is C15H15F4NS. The molecule has 0 atom stereocenters. The van der Waals surface area contributed by atoms with E-state index in [1.807, 2.05) is 18.4 Å². The maximum Gasteiger partial charge on any atom is 0.416 e. The van der Waals surface area contributed by atoms with Gasteiger partial charge in [0.25, 0.3) is 0 Å². The van der Waals surface area contributed by atoms with E-state index in [0.29, 0.717) is 12.6 Å². The Labute approximate surface area is 124 Å². The quantitative estimate of drug-likeness (QED) is 0.784. The van der Waals surface area contributed by atoms with E-state index in [4.69, 9.17) is 0 Å². The first-order chi connectivity index (χ1) is 9.91. The second kappa shape index (κ2) is 6.58. The lowest BCUT2D eigenvalue weighted by Crippen LogP contribution is -2.17. The van der Waals surface area contributed by atoms with E-state index in [9.17, 15) is 17.6 Å². The Kier molecular flexibility index (Phi) is 5.00. The van der Waals surface area contributed by atoms with Crippen LogP contribution in [0.5, 0.6) is 0 Å². The Morgan fingerprint density at radius 2 is 1.86 bits per heavy atom. The topological polar surface area (TPSA) is 12.0 Å². The van der Waals surface area contributed by atoms with Crippen molar-refractivity contribution in [2.75, 3.05) is 0 Å². The number of hydrogen-bond acceptors (Lipinski definition) is 2. The van der Waals surface area contributed by atoms with Gasteiger partial charge in [0.15, 0.2) is 0 Å². The first-order valence-electron chi connectivity index (χ1n) is 6.53. The highest BCUT2D eigenvalue weighted by Crippen LogP contribution is 2.32. The Morgan fingerprint density at radius 3 is 2.52 bits per heavy atom. The van der Waals surface area contributed by atoms with Crippen LogP contribution < -0.4 is 5.32 Å². The van der Waals surface area contributed by atoms with Crippen molar-refractivity contribution in [1.82, 2.24) is 5.32 Å². The molecule has 21 heavy (non-hydrogen) atoms. The van der Waals surface area contributed by atoms with Crippen molar-refractivity contribution in [2.24, 2.45) is 0 Å². The van der Waals surface area contributed by atoms with E-state index in [-0.39, 0.29) is 12.1 Å². The molecule has 0 unspecified atom stereocenters. The van der Waals surface area contributed by atoms with E-state index in [1.165, 1.54) is 11.6 Å². The summed E-state index contributed by atoms with van der Waals surface area (Å²) < 4.78 is 51.6. The number of rotatable bonds is 5. The lowest BCUT2D eigenvalue weighted by molar-refractivity contribution is -0.138. The van der Waals surface area contributed by atoms with Crippen molar-refractivity contribution in [3.8, 4) is 0 Å². The van der Waals surface area contributed by atoms with Crippen molar-refractivity contribution >= 4 is 11.3 Å². The van der Waals surface area contributed by atoms with Gasteiger partial charge in [-0.15, -0.1) is 11.3 Å². The fourth-order valence-corrected chi connectivity index (χ4v) is 3.06. The molecule has 114 valence electrons. The predicted molar refractivity (Wildman–Crippen MR) is 75.6 cm³/mol. The van der Waals surface area contributed by atoms with Crippen LogP contribution in [0.4, 0.5) is 17.6 Å². The zero-order valence-corrected chi connectivity index (χ0v) is 12.2. The third-order valence-corrected chi connectivity index (χ3v) is 4.16. The van der Waals surface area contributed by atoms with Gasteiger partial charge in [-0.2, -0.15) is 13.2 Å². The number of hydrogen-bond donors (Lipinski definition) is 1. The highest BCUT2D eigenvalue weighted by Gasteiger charge is 2.33. The summed E-state index contributed by atoms with van der Waals surface area (Å²) >= 11 is 1.58. The van der Waals surface area contributed by atoms with E-state index in [2.05, 4.69) is 5.32 Å². The van der Waals surface area contributed by atoms with Gasteiger partial charge >= 0.3 is 6.18 Å². The smallest absolute Gasteiger partial charge is 0.308 e. The summed E-state index contributed by atoms with van der Waals surface area (Å²) in [5.74, 6) is -0.877. The maximum atomic E-state index is 13.0. The molecule has 1 aromatic carbocycles. The lowest BCUT2D eigenvalue weighted by Gasteiger charge is -2.13. The van der Waals surface area contributed by atoms with Crippen molar-refractivity contribution in [3.63, 3.8) is 0 Å². The fourth-order valence-electron chi connectivity index (χ4n) is 2.11. The molecule has 0 amide bonds. The number of thiophene rings is 1. The SMILES string of the molecule is CCc1ccsc1CNCc1ccc(F)cc1C(F)(F)F. The minimum atomic E-state index is -4.55. The second-order valence-corrected chi connectivity index (χ2v) is 5.63. The lowest BCUT2D eigenvalue weighted by atomic mass is 10.1. The minimum absolute atomic E-state index is 0.0518. The van der Waals surface area contributed by atoms with Gasteiger partial charge in [0.2, 0.25) is 0 Å². The number of nitrogens with one attached hydrogen (secondary N) is 1. The van der Waals surface area contributed by atoms with Crippen LogP contribution in [0.15, 0.2) is 29.6 Å². The third kappa shape index (κ3) is 4.04. The molecule has 0 bridgehead atoms. The summed E-state index contributed by atoms with van der Waals surface area (Å²) in [6.07, 6.45) is -3.65. The second-order valence-electron chi connectivity index (χ2n) is 4.63. The highest BCUT2D eigenvalue weighted by atomic mass is 32.1. The summed E-state index contributed by atoms with van der Waals surface area (Å²) in [4.78, 5) is 1.12. The first-order valence-corrected chi connectivity index (χ1v) is 7.41. The molecule has 0 fully saturated rings. The number of alkyl halides is 3. The molecule has 6 heteroatoms. The normalized spacial score (nSPS) is 11.9. The van der Waals surface area contributed by atoms with E-state index in [0.717, 1.165) is 17.4 Å². The summed E-state index contributed by atoms with van der Waals surface area (Å²) in [5, 5.41) is 4.97.